The lowest BCUT2D eigenvalue weighted by Crippen LogP contribution is -2.49. The number of hydrogen-bond donors (Lipinski definition) is 1. The summed E-state index contributed by atoms with van der Waals surface area (Å²) in [4.78, 5) is 26.4. The number of carboxylic acids is 1. The van der Waals surface area contributed by atoms with E-state index in [9.17, 15) is 14.7 Å². The fraction of sp³-hybridized carbons (Fsp3) is 0.391. The standard InChI is InChI=1S/C23H27NO4/c1-2-28-20-11-8-18(9-12-20)10-13-21(25)24-16-14-23(15-17-24,22(26)27)19-6-4-3-5-7-19/h3-9,11-12H,2,10,13-17H2,1H3,(H,26,27). The number of amides is 1. The molecule has 1 aliphatic rings. The first-order chi connectivity index (χ1) is 13.5. The average molecular weight is 381 g/mol. The number of piperidine rings is 1. The predicted octanol–water partition coefficient (Wildman–Crippen LogP) is 3.66. The van der Waals surface area contributed by atoms with Gasteiger partial charge in [0.15, 0.2) is 0 Å². The van der Waals surface area contributed by atoms with E-state index in [1.807, 2.05) is 61.5 Å². The van der Waals surface area contributed by atoms with E-state index in [0.29, 0.717) is 45.4 Å². The highest BCUT2D eigenvalue weighted by Gasteiger charge is 2.43. The van der Waals surface area contributed by atoms with E-state index in [-0.39, 0.29) is 5.91 Å². The second-order valence-corrected chi connectivity index (χ2v) is 7.21. The summed E-state index contributed by atoms with van der Waals surface area (Å²) in [7, 11) is 0. The van der Waals surface area contributed by atoms with Gasteiger partial charge in [-0.05, 0) is 49.4 Å². The van der Waals surface area contributed by atoms with Gasteiger partial charge >= 0.3 is 5.97 Å². The van der Waals surface area contributed by atoms with E-state index < -0.39 is 11.4 Å². The maximum Gasteiger partial charge on any atom is 0.314 e. The molecule has 1 heterocycles. The number of ether oxygens (including phenoxy) is 1. The van der Waals surface area contributed by atoms with Gasteiger partial charge < -0.3 is 14.7 Å². The number of aryl methyl sites for hydroxylation is 1. The Morgan fingerprint density at radius 2 is 1.68 bits per heavy atom. The van der Waals surface area contributed by atoms with Crippen molar-refractivity contribution in [3.8, 4) is 5.75 Å². The van der Waals surface area contributed by atoms with E-state index in [2.05, 4.69) is 0 Å². The van der Waals surface area contributed by atoms with Crippen molar-refractivity contribution in [2.45, 2.75) is 38.0 Å². The number of carbonyl (C=O) groups excluding carboxylic acids is 1. The molecule has 0 radical (unpaired) electrons. The summed E-state index contributed by atoms with van der Waals surface area (Å²) in [6.45, 7) is 3.53. The molecule has 1 fully saturated rings. The third-order valence-electron chi connectivity index (χ3n) is 5.57. The van der Waals surface area contributed by atoms with E-state index >= 15 is 0 Å². The summed E-state index contributed by atoms with van der Waals surface area (Å²) in [5.41, 5.74) is 1.02. The Hall–Kier alpha value is -2.82. The summed E-state index contributed by atoms with van der Waals surface area (Å²) >= 11 is 0. The van der Waals surface area contributed by atoms with Crippen molar-refractivity contribution >= 4 is 11.9 Å². The zero-order valence-electron chi connectivity index (χ0n) is 16.3. The van der Waals surface area contributed by atoms with Crippen LogP contribution < -0.4 is 4.74 Å². The zero-order valence-corrected chi connectivity index (χ0v) is 16.3. The number of hydrogen-bond acceptors (Lipinski definition) is 3. The Bertz CT molecular complexity index is 793. The number of aliphatic carboxylic acids is 1. The molecular weight excluding hydrogens is 354 g/mol. The fourth-order valence-corrected chi connectivity index (χ4v) is 3.85. The molecule has 28 heavy (non-hydrogen) atoms. The van der Waals surface area contributed by atoms with Crippen LogP contribution >= 0.6 is 0 Å². The molecule has 0 saturated carbocycles. The van der Waals surface area contributed by atoms with Gasteiger partial charge in [-0.15, -0.1) is 0 Å². The Kier molecular flexibility index (Phi) is 6.34. The number of rotatable bonds is 7. The van der Waals surface area contributed by atoms with Crippen LogP contribution in [0.25, 0.3) is 0 Å². The molecule has 1 N–H and O–H groups in total. The van der Waals surface area contributed by atoms with E-state index in [0.717, 1.165) is 16.9 Å². The maximum atomic E-state index is 12.6. The number of carboxylic acid groups (broad SMARTS) is 1. The first-order valence-electron chi connectivity index (χ1n) is 9.83. The highest BCUT2D eigenvalue weighted by Crippen LogP contribution is 2.36. The van der Waals surface area contributed by atoms with E-state index in [4.69, 9.17) is 4.74 Å². The van der Waals surface area contributed by atoms with Gasteiger partial charge in [0.1, 0.15) is 5.75 Å². The van der Waals surface area contributed by atoms with Crippen molar-refractivity contribution in [3.05, 3.63) is 65.7 Å². The number of carbonyl (C=O) groups is 2. The SMILES string of the molecule is CCOc1ccc(CCC(=O)N2CCC(C(=O)O)(c3ccccc3)CC2)cc1. The molecule has 2 aromatic carbocycles. The van der Waals surface area contributed by atoms with Crippen LogP contribution in [0.2, 0.25) is 0 Å². The fourth-order valence-electron chi connectivity index (χ4n) is 3.85. The van der Waals surface area contributed by atoms with E-state index in [1.54, 1.807) is 4.90 Å². The summed E-state index contributed by atoms with van der Waals surface area (Å²) in [5, 5.41) is 9.87. The van der Waals surface area contributed by atoms with Crippen molar-refractivity contribution in [1.29, 1.82) is 0 Å². The van der Waals surface area contributed by atoms with Gasteiger partial charge in [0, 0.05) is 19.5 Å². The van der Waals surface area contributed by atoms with Crippen molar-refractivity contribution in [2.75, 3.05) is 19.7 Å². The van der Waals surface area contributed by atoms with Crippen LogP contribution in [0.3, 0.4) is 0 Å². The number of likely N-dealkylation sites (tertiary alicyclic amines) is 1. The molecule has 2 aromatic rings. The van der Waals surface area contributed by atoms with Gasteiger partial charge in [-0.25, -0.2) is 0 Å². The average Bonchev–Trinajstić information content (AvgIpc) is 2.74. The third kappa shape index (κ3) is 4.35. The molecule has 0 aliphatic carbocycles. The molecule has 0 spiro atoms. The van der Waals surface area contributed by atoms with Gasteiger partial charge in [-0.1, -0.05) is 42.5 Å². The van der Waals surface area contributed by atoms with Crippen molar-refractivity contribution < 1.29 is 19.4 Å². The zero-order chi connectivity index (χ0) is 20.0. The first-order valence-corrected chi connectivity index (χ1v) is 9.83. The highest BCUT2D eigenvalue weighted by atomic mass is 16.5. The second-order valence-electron chi connectivity index (χ2n) is 7.21. The van der Waals surface area contributed by atoms with E-state index in [1.165, 1.54) is 0 Å². The molecule has 1 aliphatic heterocycles. The molecule has 3 rings (SSSR count). The Labute approximate surface area is 165 Å². The predicted molar refractivity (Wildman–Crippen MR) is 108 cm³/mol. The summed E-state index contributed by atoms with van der Waals surface area (Å²) in [5.74, 6) is 0.112. The molecule has 148 valence electrons. The van der Waals surface area contributed by atoms with Crippen LogP contribution in [0.4, 0.5) is 0 Å². The highest BCUT2D eigenvalue weighted by molar-refractivity contribution is 5.82. The van der Waals surface area contributed by atoms with Crippen LogP contribution in [0.5, 0.6) is 5.75 Å². The lowest BCUT2D eigenvalue weighted by atomic mass is 9.73. The molecule has 0 aromatic heterocycles. The normalized spacial score (nSPS) is 15.8. The minimum Gasteiger partial charge on any atom is -0.494 e. The molecule has 0 unspecified atom stereocenters. The van der Waals surface area contributed by atoms with Crippen LogP contribution in [-0.4, -0.2) is 41.6 Å². The monoisotopic (exact) mass is 381 g/mol. The smallest absolute Gasteiger partial charge is 0.314 e. The second kappa shape index (κ2) is 8.91. The molecule has 5 nitrogen and oxygen atoms in total. The summed E-state index contributed by atoms with van der Waals surface area (Å²) in [6, 6.07) is 17.2. The van der Waals surface area contributed by atoms with Crippen molar-refractivity contribution in [3.63, 3.8) is 0 Å². The van der Waals surface area contributed by atoms with Gasteiger partial charge in [-0.2, -0.15) is 0 Å². The topological polar surface area (TPSA) is 66.8 Å². The van der Waals surface area contributed by atoms with Crippen LogP contribution in [0.15, 0.2) is 54.6 Å². The van der Waals surface area contributed by atoms with Crippen molar-refractivity contribution in [1.82, 2.24) is 4.90 Å². The van der Waals surface area contributed by atoms with Gasteiger partial charge in [0.05, 0.1) is 12.0 Å². The van der Waals surface area contributed by atoms with Gasteiger partial charge in [-0.3, -0.25) is 9.59 Å². The molecular formula is C23H27NO4. The molecule has 5 heteroatoms. The first kappa shape index (κ1) is 19.9. The quantitative estimate of drug-likeness (QED) is 0.795. The Morgan fingerprint density at radius 3 is 2.25 bits per heavy atom. The lowest BCUT2D eigenvalue weighted by Gasteiger charge is -2.39. The summed E-state index contributed by atoms with van der Waals surface area (Å²) in [6.07, 6.45) is 1.99. The van der Waals surface area contributed by atoms with Gasteiger partial charge in [0.25, 0.3) is 0 Å². The molecule has 1 amide bonds. The molecule has 0 bridgehead atoms. The van der Waals surface area contributed by atoms with Crippen molar-refractivity contribution in [2.24, 2.45) is 0 Å². The minimum absolute atomic E-state index is 0.0842. The van der Waals surface area contributed by atoms with Crippen LogP contribution in [0.1, 0.15) is 37.3 Å². The maximum absolute atomic E-state index is 12.6. The molecule has 1 saturated heterocycles. The Morgan fingerprint density at radius 1 is 1.04 bits per heavy atom. The van der Waals surface area contributed by atoms with Gasteiger partial charge in [0.2, 0.25) is 5.91 Å². The third-order valence-corrected chi connectivity index (χ3v) is 5.57. The number of benzene rings is 2. The van der Waals surface area contributed by atoms with Crippen LogP contribution in [0, 0.1) is 0 Å². The number of nitrogens with zero attached hydrogens (tertiary/aromatic N) is 1. The Balaban J connectivity index is 1.56. The summed E-state index contributed by atoms with van der Waals surface area (Å²) < 4.78 is 5.43. The lowest BCUT2D eigenvalue weighted by molar-refractivity contribution is -0.148. The largest absolute Gasteiger partial charge is 0.494 e. The molecule has 0 atom stereocenters. The minimum atomic E-state index is -0.896. The van der Waals surface area contributed by atoms with Crippen LogP contribution in [-0.2, 0) is 21.4 Å².